The summed E-state index contributed by atoms with van der Waals surface area (Å²) < 4.78 is 57.6. The molecule has 10 nitrogen and oxygen atoms in total. The average molecular weight is 1570 g/mol. The number of hydrogen-bond acceptors (Lipinski definition) is 10. The Bertz CT molecular complexity index is 3420. The van der Waals surface area contributed by atoms with Gasteiger partial charge in [0.25, 0.3) is 0 Å². The third kappa shape index (κ3) is 26.8. The minimum atomic E-state index is -0.562. The van der Waals surface area contributed by atoms with Gasteiger partial charge in [-0.1, -0.05) is 294 Å². The van der Waals surface area contributed by atoms with Gasteiger partial charge in [0.15, 0.2) is 0 Å². The summed E-state index contributed by atoms with van der Waals surface area (Å²) in [5.74, 6) is 3.99. The van der Waals surface area contributed by atoms with Crippen LogP contribution in [0.4, 0.5) is 0 Å². The second-order valence-corrected chi connectivity index (χ2v) is 35.6. The molecule has 10 rings (SSSR count). The van der Waals surface area contributed by atoms with Crippen LogP contribution in [0, 0.1) is 63.2 Å². The summed E-state index contributed by atoms with van der Waals surface area (Å²) in [4.78, 5) is 0. The van der Waals surface area contributed by atoms with Crippen molar-refractivity contribution in [1.29, 1.82) is 0 Å². The summed E-state index contributed by atoms with van der Waals surface area (Å²) in [6.07, 6.45) is 16.3. The van der Waals surface area contributed by atoms with Crippen LogP contribution in [0.3, 0.4) is 0 Å². The molecule has 0 unspecified atom stereocenters. The molecule has 113 heavy (non-hydrogen) atoms. The van der Waals surface area contributed by atoms with E-state index in [1.807, 2.05) is 25.7 Å². The number of hydrogen-bond donors (Lipinski definition) is 0. The van der Waals surface area contributed by atoms with Crippen LogP contribution in [0.15, 0.2) is 194 Å². The maximum absolute atomic E-state index is 6.17. The zero-order valence-electron chi connectivity index (χ0n) is 71.3. The van der Waals surface area contributed by atoms with Crippen molar-refractivity contribution >= 4 is 0 Å². The van der Waals surface area contributed by atoms with Crippen molar-refractivity contribution in [3.8, 4) is 11.5 Å². The monoisotopic (exact) mass is 1570 g/mol. The van der Waals surface area contributed by atoms with Gasteiger partial charge in [-0.25, -0.2) is 0 Å². The number of benzene rings is 8. The van der Waals surface area contributed by atoms with Crippen molar-refractivity contribution < 1.29 is 64.4 Å². The molecule has 0 spiro atoms. The van der Waals surface area contributed by atoms with Gasteiger partial charge in [0.1, 0.15) is 24.7 Å². The van der Waals surface area contributed by atoms with Crippen molar-refractivity contribution in [1.82, 2.24) is 0 Å². The Hall–Kier alpha value is -6.44. The molecule has 0 atom stereocenters. The molecule has 0 aliphatic heterocycles. The Balaban J connectivity index is 0.000000281. The molecule has 8 aromatic rings. The van der Waals surface area contributed by atoms with E-state index in [0.717, 1.165) is 11.5 Å². The van der Waals surface area contributed by atoms with E-state index in [-0.39, 0.29) is 49.6 Å². The number of rotatable bonds is 38. The van der Waals surface area contributed by atoms with Crippen LogP contribution >= 0.6 is 0 Å². The molecule has 604 valence electrons. The molecule has 2 saturated carbocycles. The van der Waals surface area contributed by atoms with E-state index >= 15 is 0 Å². The zero-order chi connectivity index (χ0) is 80.5. The molecule has 0 bridgehead atoms. The van der Waals surface area contributed by atoms with Gasteiger partial charge < -0.3 is 47.4 Å². The van der Waals surface area contributed by atoms with Crippen LogP contribution in [0.2, 0.25) is 0 Å². The topological polar surface area (TPSA) is 92.3 Å². The Kier molecular flexibility index (Phi) is 35.2. The Morgan fingerprint density at radius 3 is 0.487 bits per heavy atom. The smallest absolute Gasteiger partial charge is 0.491 e. The predicted octanol–water partition coefficient (Wildman–Crippen LogP) is 21.6. The first-order valence-corrected chi connectivity index (χ1v) is 40.5. The minimum Gasteiger partial charge on any atom is -0.491 e. The molecule has 10 radical (unpaired) electrons. The molecule has 2 aliphatic rings. The molecule has 2 fully saturated rings. The Labute approximate surface area is 693 Å². The van der Waals surface area contributed by atoms with E-state index in [1.165, 1.54) is 89.7 Å². The summed E-state index contributed by atoms with van der Waals surface area (Å²) in [5, 5.41) is 0. The SMILES string of the molecule is CC(C)(C)c1ccc(C(c2ccc(OCCOCCOCCOCCOC[C]3[CH][CH][CH][CH]3)cc2)(c2ccc(C(C)(C)C)cc2)c2ccc(C(C)(C)C)cc2)cc1.CC(C)(C)c1ccc(C(c2ccc(OCCOCCOCCOCCOC[C]3[CH][CH][CH][CH]3)cc2)(c2ccc(C(C)(C)C)cc2)c2ccc(C(C)(C)C)cc2)cc1.[Fe+2]. The maximum Gasteiger partial charge on any atom is 2.00 e. The van der Waals surface area contributed by atoms with Crippen molar-refractivity contribution in [2.75, 3.05) is 119 Å². The summed E-state index contributed by atoms with van der Waals surface area (Å²) in [6, 6.07) is 72.9. The average Bonchev–Trinajstić information content (AvgIpc) is 1.36. The minimum absolute atomic E-state index is 0. The summed E-state index contributed by atoms with van der Waals surface area (Å²) >= 11 is 0. The van der Waals surface area contributed by atoms with Crippen LogP contribution in [-0.4, -0.2) is 119 Å². The van der Waals surface area contributed by atoms with Crippen LogP contribution in [0.1, 0.15) is 203 Å². The molecule has 0 N–H and O–H groups in total. The molecule has 0 heterocycles. The van der Waals surface area contributed by atoms with E-state index in [4.69, 9.17) is 47.4 Å². The van der Waals surface area contributed by atoms with Crippen molar-refractivity contribution in [3.05, 3.63) is 335 Å². The zero-order valence-corrected chi connectivity index (χ0v) is 72.4. The Morgan fingerprint density at radius 1 is 0.177 bits per heavy atom. The van der Waals surface area contributed by atoms with Gasteiger partial charge in [0.2, 0.25) is 0 Å². The van der Waals surface area contributed by atoms with E-state index in [9.17, 15) is 0 Å². The van der Waals surface area contributed by atoms with E-state index in [2.05, 4.69) is 344 Å². The third-order valence-electron chi connectivity index (χ3n) is 20.9. The molecule has 11 heteroatoms. The second-order valence-electron chi connectivity index (χ2n) is 35.6. The molecule has 8 aromatic carbocycles. The first kappa shape index (κ1) is 92.1. The van der Waals surface area contributed by atoms with Crippen LogP contribution < -0.4 is 9.47 Å². The third-order valence-corrected chi connectivity index (χ3v) is 20.9. The van der Waals surface area contributed by atoms with Gasteiger partial charge >= 0.3 is 17.1 Å². The quantitative estimate of drug-likeness (QED) is 0.0212. The summed E-state index contributed by atoms with van der Waals surface area (Å²) in [5.41, 5.74) is 16.8. The van der Waals surface area contributed by atoms with Gasteiger partial charge in [0, 0.05) is 11.8 Å². The van der Waals surface area contributed by atoms with Crippen LogP contribution in [0.5, 0.6) is 11.5 Å². The first-order chi connectivity index (χ1) is 53.4. The first-order valence-electron chi connectivity index (χ1n) is 40.5. The number of ether oxygens (including phenoxy) is 10. The summed E-state index contributed by atoms with van der Waals surface area (Å²) in [7, 11) is 0. The van der Waals surface area contributed by atoms with E-state index < -0.39 is 10.8 Å². The van der Waals surface area contributed by atoms with E-state index in [0.29, 0.717) is 119 Å². The molecule has 0 saturated heterocycles. The fourth-order valence-corrected chi connectivity index (χ4v) is 14.1. The maximum atomic E-state index is 6.17. The van der Waals surface area contributed by atoms with Crippen molar-refractivity contribution in [2.45, 2.75) is 168 Å². The molecule has 2 aliphatic carbocycles. The van der Waals surface area contributed by atoms with Crippen molar-refractivity contribution in [2.24, 2.45) is 0 Å². The van der Waals surface area contributed by atoms with Crippen LogP contribution in [-0.2, 0) is 98.3 Å². The second kappa shape index (κ2) is 43.1. The fourth-order valence-electron chi connectivity index (χ4n) is 14.1. The van der Waals surface area contributed by atoms with Crippen LogP contribution in [0.25, 0.3) is 0 Å². The van der Waals surface area contributed by atoms with Gasteiger partial charge in [0.05, 0.1) is 117 Å². The molecule has 0 amide bonds. The predicted molar refractivity (Wildman–Crippen MR) is 460 cm³/mol. The fraction of sp³-hybridized carbons (Fsp3) is 0.431. The Morgan fingerprint density at radius 2 is 0.319 bits per heavy atom. The standard InChI is InChI=1S/2C51H65O5.Fe/c2*1-48(2,3)40-14-20-43(21-15-40)51(44-22-16-41(17-23-44)49(4,5)6,45-24-18-42(19-25-45)50(7,8)9)46-26-28-47(29-27-46)56-37-36-54-33-32-52-30-31-53-34-35-55-38-39-12-10-11-13-39;/h2*10-29H,30-38H2,1-9H3;/q;;+2. The summed E-state index contributed by atoms with van der Waals surface area (Å²) in [6.45, 7) is 50.4. The van der Waals surface area contributed by atoms with Gasteiger partial charge in [-0.2, -0.15) is 0 Å². The van der Waals surface area contributed by atoms with E-state index in [1.54, 1.807) is 0 Å². The molecule has 0 aromatic heterocycles. The van der Waals surface area contributed by atoms with Crippen molar-refractivity contribution in [3.63, 3.8) is 0 Å². The molecular formula is C102H130FeO10+2. The normalized spacial score (nSPS) is 14.2. The van der Waals surface area contributed by atoms with Gasteiger partial charge in [-0.3, -0.25) is 0 Å². The largest absolute Gasteiger partial charge is 2.00 e. The van der Waals surface area contributed by atoms with Gasteiger partial charge in [-0.15, -0.1) is 0 Å². The van der Waals surface area contributed by atoms with Gasteiger partial charge in [-0.05, 0) is 186 Å². The molecular weight excluding hydrogens is 1440 g/mol.